The van der Waals surface area contributed by atoms with Crippen molar-refractivity contribution in [1.82, 2.24) is 4.90 Å². The summed E-state index contributed by atoms with van der Waals surface area (Å²) in [5, 5.41) is 10.4. The van der Waals surface area contributed by atoms with Crippen LogP contribution in [0.5, 0.6) is 17.2 Å². The van der Waals surface area contributed by atoms with Gasteiger partial charge in [0.25, 0.3) is 0 Å². The molecule has 200 valence electrons. The van der Waals surface area contributed by atoms with E-state index >= 15 is 0 Å². The maximum absolute atomic E-state index is 12.6. The molecular weight excluding hydrogens is 529 g/mol. The molecule has 1 atom stereocenters. The number of phenols is 1. The highest BCUT2D eigenvalue weighted by Crippen LogP contribution is 2.49. The molecule has 0 aliphatic carbocycles. The minimum absolute atomic E-state index is 0.114. The number of fused-ring (bicyclic) bond motifs is 1. The molecule has 2 heterocycles. The van der Waals surface area contributed by atoms with Crippen LogP contribution in [0, 0.1) is 5.92 Å². The van der Waals surface area contributed by atoms with Gasteiger partial charge in [-0.2, -0.15) is 0 Å². The van der Waals surface area contributed by atoms with Crippen LogP contribution in [0.1, 0.15) is 29.7 Å². The Morgan fingerprint density at radius 2 is 1.82 bits per heavy atom. The van der Waals surface area contributed by atoms with Gasteiger partial charge < -0.3 is 14.6 Å². The number of alkyl halides is 1. The Hall–Kier alpha value is -3.07. The Balaban J connectivity index is 1.44. The molecule has 9 heteroatoms. The van der Waals surface area contributed by atoms with Gasteiger partial charge in [-0.15, -0.1) is 0 Å². The largest absolute Gasteiger partial charge is 0.508 e. The number of sulfone groups is 1. The summed E-state index contributed by atoms with van der Waals surface area (Å²) in [5.41, 5.74) is 3.89. The average molecular weight is 558 g/mol. The zero-order valence-corrected chi connectivity index (χ0v) is 22.7. The van der Waals surface area contributed by atoms with Gasteiger partial charge in [-0.3, -0.25) is 9.29 Å². The van der Waals surface area contributed by atoms with Crippen LogP contribution in [-0.4, -0.2) is 57.6 Å². The Labute approximate surface area is 227 Å². The molecule has 5 rings (SSSR count). The smallest absolute Gasteiger partial charge is 0.175 e. The van der Waals surface area contributed by atoms with E-state index in [0.29, 0.717) is 22.9 Å². The molecular formula is C29H29ClFNO5S. The molecule has 0 spiro atoms. The third kappa shape index (κ3) is 5.39. The summed E-state index contributed by atoms with van der Waals surface area (Å²) in [6, 6.07) is 17.3. The number of rotatable bonds is 8. The van der Waals surface area contributed by atoms with Crippen LogP contribution in [0.2, 0.25) is 5.02 Å². The van der Waals surface area contributed by atoms with Crippen molar-refractivity contribution in [3.63, 3.8) is 0 Å². The predicted octanol–water partition coefficient (Wildman–Crippen LogP) is 5.79. The number of likely N-dealkylation sites (tertiary alicyclic amines) is 1. The summed E-state index contributed by atoms with van der Waals surface area (Å²) >= 11 is 6.64. The Morgan fingerprint density at radius 1 is 1.08 bits per heavy atom. The van der Waals surface area contributed by atoms with Crippen molar-refractivity contribution >= 4 is 32.6 Å². The van der Waals surface area contributed by atoms with E-state index in [2.05, 4.69) is 4.90 Å². The molecule has 2 aliphatic heterocycles. The molecule has 38 heavy (non-hydrogen) atoms. The van der Waals surface area contributed by atoms with Crippen molar-refractivity contribution in [3.05, 3.63) is 82.4 Å². The molecule has 3 aromatic carbocycles. The molecule has 1 fully saturated rings. The van der Waals surface area contributed by atoms with Crippen molar-refractivity contribution in [3.8, 4) is 17.2 Å². The summed E-state index contributed by atoms with van der Waals surface area (Å²) in [7, 11) is -3.42. The normalized spacial score (nSPS) is 18.1. The number of benzene rings is 3. The standard InChI is InChI=1S/C29H29ClFNO5S/c1-18-25-13-21(33)5-10-27(25)37-29(28(18)24-9-8-23(14-26(24)30)38(2,34)35)20-3-6-22(7-4-20)36-12-11-32-16-19(15-31)17-32/h3-10,13-14,19,29,33H,11-12,15-17H2,1-2H3. The van der Waals surface area contributed by atoms with Crippen LogP contribution in [-0.2, 0) is 9.84 Å². The summed E-state index contributed by atoms with van der Waals surface area (Å²) in [6.45, 7) is 4.49. The quantitative estimate of drug-likeness (QED) is 0.378. The number of phenolic OH excluding ortho intramolecular Hbond substituents is 1. The molecule has 0 radical (unpaired) electrons. The van der Waals surface area contributed by atoms with Crippen molar-refractivity contribution < 1.29 is 27.4 Å². The van der Waals surface area contributed by atoms with Gasteiger partial charge in [0.1, 0.15) is 30.0 Å². The number of nitrogens with zero attached hydrogens (tertiary/aromatic N) is 1. The second kappa shape index (κ2) is 10.6. The van der Waals surface area contributed by atoms with Gasteiger partial charge in [0.15, 0.2) is 9.84 Å². The van der Waals surface area contributed by atoms with Gasteiger partial charge in [-0.25, -0.2) is 8.42 Å². The Kier molecular flexibility index (Phi) is 7.40. The first kappa shape index (κ1) is 26.5. The fourth-order valence-corrected chi connectivity index (χ4v) is 5.95. The minimum atomic E-state index is -3.42. The van der Waals surface area contributed by atoms with E-state index in [0.717, 1.165) is 53.9 Å². The van der Waals surface area contributed by atoms with Crippen molar-refractivity contribution in [2.24, 2.45) is 5.92 Å². The van der Waals surface area contributed by atoms with Gasteiger partial charge in [-0.05, 0) is 60.5 Å². The van der Waals surface area contributed by atoms with E-state index in [1.54, 1.807) is 24.3 Å². The van der Waals surface area contributed by atoms with E-state index in [-0.39, 0.29) is 23.2 Å². The fourth-order valence-electron chi connectivity index (χ4n) is 4.95. The van der Waals surface area contributed by atoms with Crippen molar-refractivity contribution in [2.75, 3.05) is 39.2 Å². The second-order valence-corrected chi connectivity index (χ2v) is 12.3. The lowest BCUT2D eigenvalue weighted by atomic mass is 9.86. The third-order valence-electron chi connectivity index (χ3n) is 7.05. The van der Waals surface area contributed by atoms with Crippen LogP contribution in [0.4, 0.5) is 4.39 Å². The molecule has 0 bridgehead atoms. The topological polar surface area (TPSA) is 76.1 Å². The fraction of sp³-hybridized carbons (Fsp3) is 0.310. The number of hydrogen-bond acceptors (Lipinski definition) is 6. The van der Waals surface area contributed by atoms with Gasteiger partial charge >= 0.3 is 0 Å². The predicted molar refractivity (Wildman–Crippen MR) is 146 cm³/mol. The van der Waals surface area contributed by atoms with E-state index in [4.69, 9.17) is 21.1 Å². The number of aromatic hydroxyl groups is 1. The maximum Gasteiger partial charge on any atom is 0.175 e. The van der Waals surface area contributed by atoms with Crippen LogP contribution in [0.25, 0.3) is 11.1 Å². The molecule has 1 saturated heterocycles. The lowest BCUT2D eigenvalue weighted by Gasteiger charge is -2.37. The number of ether oxygens (including phenoxy) is 2. The molecule has 0 amide bonds. The molecule has 0 saturated carbocycles. The van der Waals surface area contributed by atoms with E-state index in [9.17, 15) is 17.9 Å². The van der Waals surface area contributed by atoms with E-state index in [1.807, 2.05) is 31.2 Å². The Morgan fingerprint density at radius 3 is 2.47 bits per heavy atom. The maximum atomic E-state index is 12.6. The first-order valence-electron chi connectivity index (χ1n) is 12.4. The number of allylic oxidation sites excluding steroid dienone is 1. The Bertz CT molecular complexity index is 1480. The third-order valence-corrected chi connectivity index (χ3v) is 8.47. The second-order valence-electron chi connectivity index (χ2n) is 9.83. The molecule has 2 aliphatic rings. The van der Waals surface area contributed by atoms with E-state index < -0.39 is 15.9 Å². The SMILES string of the molecule is CC1=C(c2ccc(S(C)(=O)=O)cc2Cl)C(c2ccc(OCCN3CC(CF)C3)cc2)Oc2ccc(O)cc21. The molecule has 1 N–H and O–H groups in total. The molecule has 1 unspecified atom stereocenters. The molecule has 3 aromatic rings. The van der Waals surface area contributed by atoms with E-state index in [1.165, 1.54) is 12.1 Å². The van der Waals surface area contributed by atoms with Crippen LogP contribution in [0.3, 0.4) is 0 Å². The summed E-state index contributed by atoms with van der Waals surface area (Å²) in [6.07, 6.45) is 0.615. The zero-order valence-electron chi connectivity index (χ0n) is 21.2. The summed E-state index contributed by atoms with van der Waals surface area (Å²) < 4.78 is 49.1. The zero-order chi connectivity index (χ0) is 27.0. The van der Waals surface area contributed by atoms with Crippen LogP contribution < -0.4 is 9.47 Å². The van der Waals surface area contributed by atoms with Gasteiger partial charge in [0.05, 0.1) is 11.6 Å². The highest BCUT2D eigenvalue weighted by Gasteiger charge is 2.31. The molecule has 6 nitrogen and oxygen atoms in total. The monoisotopic (exact) mass is 557 g/mol. The average Bonchev–Trinajstić information content (AvgIpc) is 2.86. The highest BCUT2D eigenvalue weighted by atomic mass is 35.5. The first-order valence-corrected chi connectivity index (χ1v) is 14.6. The minimum Gasteiger partial charge on any atom is -0.508 e. The van der Waals surface area contributed by atoms with Crippen LogP contribution in [0.15, 0.2) is 65.6 Å². The van der Waals surface area contributed by atoms with Gasteiger partial charge in [-0.1, -0.05) is 29.8 Å². The van der Waals surface area contributed by atoms with Gasteiger partial charge in [0, 0.05) is 53.5 Å². The number of halogens is 2. The number of hydrogen-bond donors (Lipinski definition) is 1. The van der Waals surface area contributed by atoms with Gasteiger partial charge in [0.2, 0.25) is 0 Å². The molecule has 0 aromatic heterocycles. The van der Waals surface area contributed by atoms with Crippen LogP contribution >= 0.6 is 11.6 Å². The summed E-state index contributed by atoms with van der Waals surface area (Å²) in [4.78, 5) is 2.30. The lowest BCUT2D eigenvalue weighted by Crippen LogP contribution is -2.49. The first-order chi connectivity index (χ1) is 18.1. The highest BCUT2D eigenvalue weighted by molar-refractivity contribution is 7.90. The lowest BCUT2D eigenvalue weighted by molar-refractivity contribution is 0.0668. The van der Waals surface area contributed by atoms with Crippen molar-refractivity contribution in [1.29, 1.82) is 0 Å². The summed E-state index contributed by atoms with van der Waals surface area (Å²) in [5.74, 6) is 1.61. The van der Waals surface area contributed by atoms with Crippen molar-refractivity contribution in [2.45, 2.75) is 17.9 Å².